The average molecular weight is 312 g/mol. The van der Waals surface area contributed by atoms with Crippen molar-refractivity contribution in [3.63, 3.8) is 0 Å². The number of hydrogen-bond donors (Lipinski definition) is 1. The molecule has 0 fully saturated rings. The number of carbonyl (C=O) groups excluding carboxylic acids is 1. The summed E-state index contributed by atoms with van der Waals surface area (Å²) < 4.78 is 1.88. The molecular formula is C12H14ClN5OS. The molecule has 20 heavy (non-hydrogen) atoms. The summed E-state index contributed by atoms with van der Waals surface area (Å²) >= 11 is 7.74. The molecule has 1 amide bonds. The van der Waals surface area contributed by atoms with Gasteiger partial charge in [-0.25, -0.2) is 0 Å². The summed E-state index contributed by atoms with van der Waals surface area (Å²) in [4.78, 5) is 14.9. The number of nitrogens with one attached hydrogen (secondary N) is 1. The smallest absolute Gasteiger partial charge is 0.289 e. The van der Waals surface area contributed by atoms with Gasteiger partial charge in [-0.2, -0.15) is 0 Å². The van der Waals surface area contributed by atoms with E-state index >= 15 is 0 Å². The lowest BCUT2D eigenvalue weighted by Crippen LogP contribution is -2.36. The molecule has 1 aliphatic heterocycles. The van der Waals surface area contributed by atoms with E-state index in [1.54, 1.807) is 11.3 Å². The van der Waals surface area contributed by atoms with Gasteiger partial charge in [0.2, 0.25) is 5.82 Å². The van der Waals surface area contributed by atoms with E-state index < -0.39 is 0 Å². The molecular weight excluding hydrogens is 298 g/mol. The molecule has 0 unspecified atom stereocenters. The zero-order valence-electron chi connectivity index (χ0n) is 11.0. The summed E-state index contributed by atoms with van der Waals surface area (Å²) in [5.74, 6) is 1.05. The van der Waals surface area contributed by atoms with Crippen LogP contribution in [-0.2, 0) is 19.6 Å². The molecule has 0 spiro atoms. The third-order valence-electron chi connectivity index (χ3n) is 3.17. The standard InChI is InChI=1S/C12H14ClN5OS/c1-17(6-9-8(13)2-5-20-9)7-10-15-16-11-12(19)14-3-4-18(10)11/h2,5H,3-4,6-7H2,1H3,(H,14,19). The van der Waals surface area contributed by atoms with Crippen LogP contribution < -0.4 is 5.32 Å². The second-order valence-electron chi connectivity index (χ2n) is 4.71. The zero-order chi connectivity index (χ0) is 14.1. The molecule has 0 aromatic carbocycles. The highest BCUT2D eigenvalue weighted by Crippen LogP contribution is 2.23. The fraction of sp³-hybridized carbons (Fsp3) is 0.417. The van der Waals surface area contributed by atoms with Crippen LogP contribution in [0.5, 0.6) is 0 Å². The largest absolute Gasteiger partial charge is 0.348 e. The predicted octanol–water partition coefficient (Wildman–Crippen LogP) is 1.37. The molecule has 8 heteroatoms. The van der Waals surface area contributed by atoms with E-state index in [0.717, 1.165) is 28.8 Å². The molecule has 1 N–H and O–H groups in total. The average Bonchev–Trinajstić information content (AvgIpc) is 2.99. The van der Waals surface area contributed by atoms with Crippen molar-refractivity contribution in [3.8, 4) is 0 Å². The first-order valence-electron chi connectivity index (χ1n) is 6.26. The lowest BCUT2D eigenvalue weighted by molar-refractivity contribution is 0.0920. The number of aromatic nitrogens is 3. The maximum atomic E-state index is 11.6. The molecule has 0 saturated carbocycles. The van der Waals surface area contributed by atoms with Gasteiger partial charge in [0.05, 0.1) is 11.6 Å². The molecule has 0 saturated heterocycles. The van der Waals surface area contributed by atoms with Crippen molar-refractivity contribution in [2.45, 2.75) is 19.6 Å². The number of halogens is 1. The summed E-state index contributed by atoms with van der Waals surface area (Å²) in [6, 6.07) is 1.90. The monoisotopic (exact) mass is 311 g/mol. The van der Waals surface area contributed by atoms with Crippen LogP contribution in [0.4, 0.5) is 0 Å². The van der Waals surface area contributed by atoms with Gasteiger partial charge in [0.25, 0.3) is 5.91 Å². The van der Waals surface area contributed by atoms with E-state index in [-0.39, 0.29) is 5.91 Å². The lowest BCUT2D eigenvalue weighted by Gasteiger charge is -2.19. The lowest BCUT2D eigenvalue weighted by atomic mass is 10.3. The fourth-order valence-electron chi connectivity index (χ4n) is 2.20. The molecule has 2 aromatic heterocycles. The summed E-state index contributed by atoms with van der Waals surface area (Å²) in [5.41, 5.74) is 0. The van der Waals surface area contributed by atoms with Crippen molar-refractivity contribution < 1.29 is 4.79 Å². The third-order valence-corrected chi connectivity index (χ3v) is 4.54. The van der Waals surface area contributed by atoms with E-state index in [2.05, 4.69) is 20.4 Å². The van der Waals surface area contributed by atoms with Crippen molar-refractivity contribution in [1.82, 2.24) is 25.0 Å². The zero-order valence-corrected chi connectivity index (χ0v) is 12.5. The Labute approximate surface area is 125 Å². The highest BCUT2D eigenvalue weighted by molar-refractivity contribution is 7.10. The van der Waals surface area contributed by atoms with E-state index in [1.807, 2.05) is 23.1 Å². The number of thiophene rings is 1. The van der Waals surface area contributed by atoms with Gasteiger partial charge in [0.15, 0.2) is 0 Å². The molecule has 6 nitrogen and oxygen atoms in total. The second-order valence-corrected chi connectivity index (χ2v) is 6.12. The Morgan fingerprint density at radius 3 is 3.10 bits per heavy atom. The molecule has 106 valence electrons. The van der Waals surface area contributed by atoms with Crippen molar-refractivity contribution in [2.75, 3.05) is 13.6 Å². The van der Waals surface area contributed by atoms with Crippen LogP contribution in [0.25, 0.3) is 0 Å². The molecule has 3 heterocycles. The number of nitrogens with zero attached hydrogens (tertiary/aromatic N) is 4. The van der Waals surface area contributed by atoms with Crippen molar-refractivity contribution in [1.29, 1.82) is 0 Å². The Hall–Kier alpha value is -1.44. The van der Waals surface area contributed by atoms with Gasteiger partial charge in [0, 0.05) is 24.5 Å². The summed E-state index contributed by atoms with van der Waals surface area (Å²) in [5, 5.41) is 13.6. The minimum Gasteiger partial charge on any atom is -0.348 e. The number of rotatable bonds is 4. The molecule has 1 aliphatic rings. The quantitative estimate of drug-likeness (QED) is 0.926. The van der Waals surface area contributed by atoms with Crippen LogP contribution in [0.15, 0.2) is 11.4 Å². The van der Waals surface area contributed by atoms with Gasteiger partial charge >= 0.3 is 0 Å². The van der Waals surface area contributed by atoms with Crippen LogP contribution in [0.3, 0.4) is 0 Å². The first kappa shape index (κ1) is 13.5. The van der Waals surface area contributed by atoms with Crippen molar-refractivity contribution >= 4 is 28.8 Å². The van der Waals surface area contributed by atoms with E-state index in [4.69, 9.17) is 11.6 Å². The Morgan fingerprint density at radius 1 is 1.50 bits per heavy atom. The molecule has 0 atom stereocenters. The Balaban J connectivity index is 1.72. The maximum Gasteiger partial charge on any atom is 0.289 e. The fourth-order valence-corrected chi connectivity index (χ4v) is 3.37. The number of amides is 1. The molecule has 3 rings (SSSR count). The van der Waals surface area contributed by atoms with Crippen LogP contribution >= 0.6 is 22.9 Å². The third kappa shape index (κ3) is 2.56. The highest BCUT2D eigenvalue weighted by atomic mass is 35.5. The molecule has 0 radical (unpaired) electrons. The first-order valence-corrected chi connectivity index (χ1v) is 7.51. The van der Waals surface area contributed by atoms with Crippen LogP contribution in [0.2, 0.25) is 5.02 Å². The number of hydrogen-bond acceptors (Lipinski definition) is 5. The number of fused-ring (bicyclic) bond motifs is 1. The van der Waals surface area contributed by atoms with Crippen LogP contribution in [0.1, 0.15) is 21.3 Å². The second kappa shape index (κ2) is 5.51. The van der Waals surface area contributed by atoms with Gasteiger partial charge in [-0.3, -0.25) is 9.69 Å². The van der Waals surface area contributed by atoms with Crippen LogP contribution in [0, 0.1) is 0 Å². The topological polar surface area (TPSA) is 63.1 Å². The summed E-state index contributed by atoms with van der Waals surface area (Å²) in [6.45, 7) is 2.73. The van der Waals surface area contributed by atoms with E-state index in [0.29, 0.717) is 18.9 Å². The molecule has 0 bridgehead atoms. The first-order chi connectivity index (χ1) is 9.65. The minimum atomic E-state index is -0.154. The Morgan fingerprint density at radius 2 is 2.35 bits per heavy atom. The van der Waals surface area contributed by atoms with Gasteiger partial charge in [-0.15, -0.1) is 21.5 Å². The SMILES string of the molecule is CN(Cc1sccc1Cl)Cc1nnc2n1CCNC2=O. The minimum absolute atomic E-state index is 0.154. The van der Waals surface area contributed by atoms with Gasteiger partial charge in [-0.1, -0.05) is 11.6 Å². The maximum absolute atomic E-state index is 11.6. The molecule has 2 aromatic rings. The normalized spacial score (nSPS) is 14.4. The van der Waals surface area contributed by atoms with Crippen LogP contribution in [-0.4, -0.2) is 39.2 Å². The Kier molecular flexibility index (Phi) is 3.73. The van der Waals surface area contributed by atoms with Crippen molar-refractivity contribution in [2.24, 2.45) is 0 Å². The van der Waals surface area contributed by atoms with Gasteiger partial charge < -0.3 is 9.88 Å². The van der Waals surface area contributed by atoms with Crippen molar-refractivity contribution in [3.05, 3.63) is 33.0 Å². The van der Waals surface area contributed by atoms with E-state index in [1.165, 1.54) is 0 Å². The molecule has 0 aliphatic carbocycles. The summed E-state index contributed by atoms with van der Waals surface area (Å²) in [7, 11) is 2.00. The predicted molar refractivity (Wildman–Crippen MR) is 76.9 cm³/mol. The number of carbonyl (C=O) groups is 1. The van der Waals surface area contributed by atoms with E-state index in [9.17, 15) is 4.79 Å². The van der Waals surface area contributed by atoms with Gasteiger partial charge in [0.1, 0.15) is 5.82 Å². The highest BCUT2D eigenvalue weighted by Gasteiger charge is 2.22. The van der Waals surface area contributed by atoms with Gasteiger partial charge in [-0.05, 0) is 18.5 Å². The Bertz CT molecular complexity index is 638. The summed E-state index contributed by atoms with van der Waals surface area (Å²) in [6.07, 6.45) is 0.